The summed E-state index contributed by atoms with van der Waals surface area (Å²) < 4.78 is 31.9. The average molecular weight is 148 g/mol. The second-order valence-corrected chi connectivity index (χ2v) is 2.83. The van der Waals surface area contributed by atoms with Gasteiger partial charge in [0.05, 0.1) is 6.61 Å². The summed E-state index contributed by atoms with van der Waals surface area (Å²) >= 11 is 0. The van der Waals surface area contributed by atoms with Gasteiger partial charge < -0.3 is 4.74 Å². The van der Waals surface area contributed by atoms with Crippen LogP contribution in [0.3, 0.4) is 0 Å². The first-order valence-corrected chi connectivity index (χ1v) is 3.19. The van der Waals surface area contributed by atoms with Gasteiger partial charge in [-0.3, -0.25) is 4.55 Å². The van der Waals surface area contributed by atoms with Crippen LogP contribution < -0.4 is 0 Å². The summed E-state index contributed by atoms with van der Waals surface area (Å²) in [5.41, 5.74) is -0.924. The van der Waals surface area contributed by atoms with Crippen molar-refractivity contribution in [3.63, 3.8) is 0 Å². The molecule has 0 bridgehead atoms. The molecule has 44 valence electrons. The van der Waals surface area contributed by atoms with E-state index in [2.05, 4.69) is 4.74 Å². The van der Waals surface area contributed by atoms with Crippen LogP contribution in [0.15, 0.2) is 0 Å². The fraction of sp³-hybridized carbons (Fsp3) is 1.00. The molecular weight excluding hydrogens is 143 g/mol. The van der Waals surface area contributed by atoms with Crippen LogP contribution in [0, 0.1) is 0 Å². The van der Waals surface area contributed by atoms with Crippen LogP contribution in [-0.2, 0) is 14.9 Å². The molecule has 1 atom stereocenters. The maximum atomic E-state index is 9.82. The number of hydrogen-bond donors (Lipinski definition) is 1. The predicted octanol–water partition coefficient (Wildman–Crippen LogP) is -1.42. The Morgan fingerprint density at radius 3 is 2.00 bits per heavy atom. The molecule has 1 unspecified atom stereocenters. The van der Waals surface area contributed by atoms with Crippen LogP contribution in [0.1, 0.15) is 0 Å². The monoisotopic (exact) mass is 148 g/mol. The van der Waals surface area contributed by atoms with Crippen LogP contribution in [0.2, 0.25) is 0 Å². The Balaban J connectivity index is 0.000000490. The van der Waals surface area contributed by atoms with E-state index in [1.807, 2.05) is 0 Å². The maximum absolute atomic E-state index is 9.82. The summed E-state index contributed by atoms with van der Waals surface area (Å²) in [6.45, 7) is 0.138. The number of hydrogen-bond acceptors (Lipinski definition) is 3. The van der Waals surface area contributed by atoms with Crippen LogP contribution >= 0.6 is 0 Å². The molecule has 0 radical (unpaired) electrons. The average Bonchev–Trinajstić information content (AvgIpc) is 1.99. The van der Waals surface area contributed by atoms with Crippen LogP contribution in [0.5, 0.6) is 0 Å². The van der Waals surface area contributed by atoms with E-state index in [0.29, 0.717) is 0 Å². The molecule has 0 saturated carbocycles. The van der Waals surface area contributed by atoms with Gasteiger partial charge in [0.1, 0.15) is 0 Å². The first kappa shape index (κ1) is 8.87. The standard InChI is InChI=1S/C2H4O4S.Na.H/c3-7(4,5)2-1-6-2;;/h2H,1H2,(H,3,4,5);;. The van der Waals surface area contributed by atoms with Gasteiger partial charge in [-0.2, -0.15) is 8.42 Å². The van der Waals surface area contributed by atoms with E-state index in [4.69, 9.17) is 4.55 Å². The molecule has 0 aromatic rings. The summed E-state index contributed by atoms with van der Waals surface area (Å²) in [5.74, 6) is 0. The number of rotatable bonds is 1. The van der Waals surface area contributed by atoms with E-state index in [0.717, 1.165) is 0 Å². The van der Waals surface area contributed by atoms with E-state index in [1.54, 1.807) is 0 Å². The molecular formula is C2H5NaO4S. The summed E-state index contributed by atoms with van der Waals surface area (Å²) in [5, 5.41) is 0. The number of ether oxygens (including phenoxy) is 1. The zero-order chi connectivity index (χ0) is 5.49. The van der Waals surface area contributed by atoms with Gasteiger partial charge in [0.25, 0.3) is 10.1 Å². The Hall–Kier alpha value is 0.870. The normalized spacial score (nSPS) is 26.4. The fourth-order valence-electron chi connectivity index (χ4n) is 0.211. The zero-order valence-electron chi connectivity index (χ0n) is 3.36. The molecule has 6 heteroatoms. The summed E-state index contributed by atoms with van der Waals surface area (Å²) in [6.07, 6.45) is 0. The van der Waals surface area contributed by atoms with Crippen molar-refractivity contribution in [3.05, 3.63) is 0 Å². The molecule has 8 heavy (non-hydrogen) atoms. The quantitative estimate of drug-likeness (QED) is 0.281. The molecule has 1 fully saturated rings. The van der Waals surface area contributed by atoms with Gasteiger partial charge >= 0.3 is 29.6 Å². The Morgan fingerprint density at radius 1 is 1.62 bits per heavy atom. The van der Waals surface area contributed by atoms with Crippen molar-refractivity contribution < 1.29 is 17.7 Å². The minimum atomic E-state index is -3.85. The first-order valence-electron chi connectivity index (χ1n) is 1.68. The van der Waals surface area contributed by atoms with E-state index < -0.39 is 15.6 Å². The van der Waals surface area contributed by atoms with E-state index in [-0.39, 0.29) is 36.2 Å². The van der Waals surface area contributed by atoms with Crippen LogP contribution in [0.4, 0.5) is 0 Å². The number of epoxide rings is 1. The third kappa shape index (κ3) is 2.43. The molecule has 0 amide bonds. The first-order chi connectivity index (χ1) is 3.11. The van der Waals surface area contributed by atoms with Gasteiger partial charge in [0.2, 0.25) is 5.44 Å². The van der Waals surface area contributed by atoms with Gasteiger partial charge in [-0.15, -0.1) is 0 Å². The van der Waals surface area contributed by atoms with E-state index >= 15 is 0 Å². The minimum absolute atomic E-state index is 0. The molecule has 0 spiro atoms. The molecule has 0 aromatic heterocycles. The van der Waals surface area contributed by atoms with Gasteiger partial charge in [0.15, 0.2) is 0 Å². The predicted molar refractivity (Wildman–Crippen MR) is 28.4 cm³/mol. The van der Waals surface area contributed by atoms with Crippen molar-refractivity contribution in [2.24, 2.45) is 0 Å². The van der Waals surface area contributed by atoms with Gasteiger partial charge in [0, 0.05) is 0 Å². The molecule has 0 aliphatic carbocycles. The molecule has 0 aromatic carbocycles. The zero-order valence-corrected chi connectivity index (χ0v) is 4.18. The molecule has 1 aliphatic heterocycles. The van der Waals surface area contributed by atoms with E-state index in [9.17, 15) is 8.42 Å². The van der Waals surface area contributed by atoms with Gasteiger partial charge in [-0.1, -0.05) is 0 Å². The Labute approximate surface area is 69.3 Å². The Bertz CT molecular complexity index is 157. The molecule has 1 saturated heterocycles. The van der Waals surface area contributed by atoms with Crippen LogP contribution in [0.25, 0.3) is 0 Å². The summed E-state index contributed by atoms with van der Waals surface area (Å²) in [7, 11) is -3.85. The fourth-order valence-corrected chi connectivity index (χ4v) is 0.634. The third-order valence-corrected chi connectivity index (χ3v) is 1.57. The SMILES string of the molecule is O=S(=O)(O)C1CO1.[NaH]. The van der Waals surface area contributed by atoms with Gasteiger partial charge in [-0.05, 0) is 0 Å². The van der Waals surface area contributed by atoms with Crippen molar-refractivity contribution >= 4 is 39.7 Å². The molecule has 1 rings (SSSR count). The second kappa shape index (κ2) is 2.64. The van der Waals surface area contributed by atoms with Crippen molar-refractivity contribution in [3.8, 4) is 0 Å². The Kier molecular flexibility index (Phi) is 2.92. The summed E-state index contributed by atoms with van der Waals surface area (Å²) in [4.78, 5) is 0. The molecule has 4 nitrogen and oxygen atoms in total. The van der Waals surface area contributed by atoms with Crippen molar-refractivity contribution in [1.82, 2.24) is 0 Å². The van der Waals surface area contributed by atoms with E-state index in [1.165, 1.54) is 0 Å². The molecule has 1 N–H and O–H groups in total. The van der Waals surface area contributed by atoms with Crippen molar-refractivity contribution in [2.75, 3.05) is 6.61 Å². The Morgan fingerprint density at radius 2 is 2.00 bits per heavy atom. The van der Waals surface area contributed by atoms with Crippen molar-refractivity contribution in [1.29, 1.82) is 0 Å². The van der Waals surface area contributed by atoms with Crippen LogP contribution in [-0.4, -0.2) is 54.6 Å². The van der Waals surface area contributed by atoms with Gasteiger partial charge in [-0.25, -0.2) is 0 Å². The second-order valence-electron chi connectivity index (χ2n) is 1.28. The molecule has 1 heterocycles. The third-order valence-electron chi connectivity index (χ3n) is 0.635. The molecule has 1 aliphatic rings. The topological polar surface area (TPSA) is 66.9 Å². The van der Waals surface area contributed by atoms with Crippen molar-refractivity contribution in [2.45, 2.75) is 5.44 Å². The summed E-state index contributed by atoms with van der Waals surface area (Å²) in [6, 6.07) is 0.